The van der Waals surface area contributed by atoms with Crippen molar-refractivity contribution >= 4 is 51.9 Å². The summed E-state index contributed by atoms with van der Waals surface area (Å²) in [6, 6.07) is 2.32. The molecule has 0 saturated carbocycles. The van der Waals surface area contributed by atoms with Gasteiger partial charge in [0.15, 0.2) is 0 Å². The van der Waals surface area contributed by atoms with Crippen molar-refractivity contribution in [2.75, 3.05) is 24.5 Å². The predicted octanol–water partition coefficient (Wildman–Crippen LogP) is 5.01. The van der Waals surface area contributed by atoms with Crippen LogP contribution in [0.15, 0.2) is 23.1 Å². The molecule has 5 nitrogen and oxygen atoms in total. The zero-order valence-electron chi connectivity index (χ0n) is 19.3. The third kappa shape index (κ3) is 3.90. The lowest BCUT2D eigenvalue weighted by Crippen LogP contribution is -2.45. The fourth-order valence-electron chi connectivity index (χ4n) is 5.08. The number of benzene rings is 1. The maximum absolute atomic E-state index is 12.5. The molecule has 32 heavy (non-hydrogen) atoms. The average molecular weight is 471 g/mol. The Hall–Kier alpha value is -2.12. The summed E-state index contributed by atoms with van der Waals surface area (Å²) in [5.41, 5.74) is 6.97. The van der Waals surface area contributed by atoms with Gasteiger partial charge in [0.2, 0.25) is 0 Å². The summed E-state index contributed by atoms with van der Waals surface area (Å²) < 4.78 is 0.287. The maximum atomic E-state index is 12.5. The Balaban J connectivity index is 1.72. The molecular weight excluding hydrogens is 440 g/mol. The number of anilines is 1. The summed E-state index contributed by atoms with van der Waals surface area (Å²) in [5, 5.41) is 9.01. The zero-order chi connectivity index (χ0) is 23.4. The second kappa shape index (κ2) is 8.03. The molecule has 0 spiro atoms. The molecule has 4 rings (SSSR count). The smallest absolute Gasteiger partial charge is 0.323 e. The molecule has 1 amide bonds. The molecule has 1 fully saturated rings. The van der Waals surface area contributed by atoms with Crippen molar-refractivity contribution in [1.82, 2.24) is 4.90 Å². The molecule has 0 atom stereocenters. The third-order valence-electron chi connectivity index (χ3n) is 7.03. The van der Waals surface area contributed by atoms with Gasteiger partial charge in [0.25, 0.3) is 5.91 Å². The molecule has 1 N–H and O–H groups in total. The highest BCUT2D eigenvalue weighted by Gasteiger charge is 2.41. The molecule has 3 aliphatic rings. The minimum Gasteiger partial charge on any atom is -0.480 e. The molecule has 1 aromatic rings. The van der Waals surface area contributed by atoms with Crippen molar-refractivity contribution in [2.24, 2.45) is 0 Å². The van der Waals surface area contributed by atoms with E-state index < -0.39 is 12.5 Å². The molecule has 170 valence electrons. The number of amides is 1. The van der Waals surface area contributed by atoms with Crippen LogP contribution in [0.2, 0.25) is 0 Å². The van der Waals surface area contributed by atoms with E-state index in [0.717, 1.165) is 42.6 Å². The van der Waals surface area contributed by atoms with Crippen molar-refractivity contribution in [3.63, 3.8) is 0 Å². The highest BCUT2D eigenvalue weighted by atomic mass is 32.2. The Bertz CT molecular complexity index is 1080. The summed E-state index contributed by atoms with van der Waals surface area (Å²) in [4.78, 5) is 27.7. The van der Waals surface area contributed by atoms with Gasteiger partial charge >= 0.3 is 5.97 Å². The number of carbonyl (C=O) groups excluding carboxylic acids is 1. The number of carboxylic acids is 1. The highest BCUT2D eigenvalue weighted by molar-refractivity contribution is 8.26. The van der Waals surface area contributed by atoms with Gasteiger partial charge in [0.1, 0.15) is 10.9 Å². The second-order valence-electron chi connectivity index (χ2n) is 10.2. The number of nitrogens with zero attached hydrogens (tertiary/aromatic N) is 2. The number of hydrogen-bond donors (Lipinski definition) is 1. The van der Waals surface area contributed by atoms with Crippen LogP contribution >= 0.6 is 24.0 Å². The van der Waals surface area contributed by atoms with Gasteiger partial charge in [-0.2, -0.15) is 0 Å². The summed E-state index contributed by atoms with van der Waals surface area (Å²) in [6.07, 6.45) is 7.97. The van der Waals surface area contributed by atoms with Gasteiger partial charge in [0.05, 0.1) is 4.91 Å². The van der Waals surface area contributed by atoms with Crippen LogP contribution in [0, 0.1) is 6.92 Å². The summed E-state index contributed by atoms with van der Waals surface area (Å²) >= 11 is 6.33. The first-order valence-electron chi connectivity index (χ1n) is 11.0. The van der Waals surface area contributed by atoms with Gasteiger partial charge in [-0.25, -0.2) is 0 Å². The number of allylic oxidation sites excluding steroid dienone is 2. The Kier molecular flexibility index (Phi) is 5.78. The Morgan fingerprint density at radius 2 is 1.88 bits per heavy atom. The van der Waals surface area contributed by atoms with Crippen molar-refractivity contribution in [2.45, 2.75) is 58.3 Å². The number of thioether (sulfide) groups is 1. The predicted molar refractivity (Wildman–Crippen MR) is 135 cm³/mol. The van der Waals surface area contributed by atoms with E-state index in [1.54, 1.807) is 6.08 Å². The van der Waals surface area contributed by atoms with E-state index in [-0.39, 0.29) is 21.1 Å². The quantitative estimate of drug-likeness (QED) is 0.493. The molecule has 3 aliphatic heterocycles. The van der Waals surface area contributed by atoms with E-state index in [2.05, 4.69) is 51.7 Å². The fraction of sp³-hybridized carbons (Fsp3) is 0.480. The van der Waals surface area contributed by atoms with Crippen molar-refractivity contribution in [3.05, 3.63) is 45.4 Å². The molecule has 0 aromatic heterocycles. The van der Waals surface area contributed by atoms with Crippen molar-refractivity contribution in [3.8, 4) is 0 Å². The first kappa shape index (κ1) is 23.1. The Morgan fingerprint density at radius 1 is 1.22 bits per heavy atom. The lowest BCUT2D eigenvalue weighted by molar-refractivity contribution is -0.140. The molecule has 1 saturated heterocycles. The van der Waals surface area contributed by atoms with Crippen LogP contribution in [-0.2, 0) is 20.4 Å². The maximum Gasteiger partial charge on any atom is 0.323 e. The monoisotopic (exact) mass is 470 g/mol. The van der Waals surface area contributed by atoms with Crippen LogP contribution in [0.4, 0.5) is 5.69 Å². The van der Waals surface area contributed by atoms with E-state index in [1.807, 2.05) is 6.08 Å². The Labute approximate surface area is 199 Å². The Morgan fingerprint density at radius 3 is 2.53 bits per heavy atom. The molecule has 0 radical (unpaired) electrons. The first-order valence-corrected chi connectivity index (χ1v) is 12.2. The number of carbonyl (C=O) groups is 2. The molecule has 0 aliphatic carbocycles. The molecular formula is C25H30N2O3S2. The van der Waals surface area contributed by atoms with Gasteiger partial charge in [0, 0.05) is 18.8 Å². The van der Waals surface area contributed by atoms with E-state index in [9.17, 15) is 9.59 Å². The minimum atomic E-state index is -1.07. The number of thiocarbonyl (C=S) groups is 1. The zero-order valence-corrected chi connectivity index (χ0v) is 21.0. The standard InChI is InChI=1S/C25H30N2O3S2/c1-15-16(7-6-8-18-22(30)27(14-19(28)29)23(31)32-18)13-17-21-20(15)25(4,5)10-12-26(21)11-9-24(17,2)3/h6-8,13H,9-12,14H2,1-5H3,(H,28,29)/b7-6+,18-8+. The van der Waals surface area contributed by atoms with Crippen molar-refractivity contribution in [1.29, 1.82) is 0 Å². The van der Waals surface area contributed by atoms with Gasteiger partial charge in [-0.1, -0.05) is 63.8 Å². The summed E-state index contributed by atoms with van der Waals surface area (Å²) in [6.45, 7) is 13.4. The molecule has 0 unspecified atom stereocenters. The van der Waals surface area contributed by atoms with Crippen LogP contribution in [0.5, 0.6) is 0 Å². The van der Waals surface area contributed by atoms with Gasteiger partial charge < -0.3 is 10.0 Å². The van der Waals surface area contributed by atoms with E-state index in [1.165, 1.54) is 27.9 Å². The molecule has 3 heterocycles. The van der Waals surface area contributed by atoms with E-state index in [0.29, 0.717) is 4.91 Å². The molecule has 1 aromatic carbocycles. The van der Waals surface area contributed by atoms with Crippen LogP contribution in [0.25, 0.3) is 6.08 Å². The highest BCUT2D eigenvalue weighted by Crippen LogP contribution is 2.51. The van der Waals surface area contributed by atoms with E-state index in [4.69, 9.17) is 17.3 Å². The van der Waals surface area contributed by atoms with Crippen LogP contribution < -0.4 is 4.90 Å². The summed E-state index contributed by atoms with van der Waals surface area (Å²) in [5.74, 6) is -1.42. The lowest BCUT2D eigenvalue weighted by Gasteiger charge is -2.49. The number of carboxylic acid groups (broad SMARTS) is 1. The minimum absolute atomic E-state index is 0.112. The topological polar surface area (TPSA) is 60.9 Å². The molecule has 7 heteroatoms. The normalized spacial score (nSPS) is 22.7. The number of rotatable bonds is 4. The molecule has 0 bridgehead atoms. The van der Waals surface area contributed by atoms with Crippen molar-refractivity contribution < 1.29 is 14.7 Å². The summed E-state index contributed by atoms with van der Waals surface area (Å²) in [7, 11) is 0. The number of aliphatic carboxylic acids is 1. The van der Waals surface area contributed by atoms with E-state index >= 15 is 0 Å². The van der Waals surface area contributed by atoms with Gasteiger partial charge in [-0.05, 0) is 65.0 Å². The lowest BCUT2D eigenvalue weighted by atomic mass is 9.67. The fourth-order valence-corrected chi connectivity index (χ4v) is 6.29. The van der Waals surface area contributed by atoms with Gasteiger partial charge in [-0.3, -0.25) is 14.5 Å². The van der Waals surface area contributed by atoms with Crippen LogP contribution in [0.3, 0.4) is 0 Å². The van der Waals surface area contributed by atoms with Gasteiger partial charge in [-0.15, -0.1) is 0 Å². The average Bonchev–Trinajstić information content (AvgIpc) is 2.95. The van der Waals surface area contributed by atoms with Crippen LogP contribution in [0.1, 0.15) is 62.8 Å². The largest absolute Gasteiger partial charge is 0.480 e. The SMILES string of the molecule is Cc1c(/C=C/C=C2/SC(=S)N(CC(=O)O)C2=O)cc2c3c1C(C)(C)CCN3CCC2(C)C. The first-order chi connectivity index (χ1) is 14.9. The second-order valence-corrected chi connectivity index (χ2v) is 11.8. The number of hydrogen-bond acceptors (Lipinski definition) is 5. The van der Waals surface area contributed by atoms with Crippen LogP contribution in [-0.4, -0.2) is 45.8 Å². The third-order valence-corrected chi connectivity index (χ3v) is 8.42.